The topological polar surface area (TPSA) is 65.0 Å². The number of hydrogen-bond donors (Lipinski definition) is 1. The number of rotatable bonds is 7. The quantitative estimate of drug-likeness (QED) is 0.362. The molecule has 0 unspecified atom stereocenters. The Balaban J connectivity index is 1.88. The summed E-state index contributed by atoms with van der Waals surface area (Å²) in [6.07, 6.45) is 0.300. The lowest BCUT2D eigenvalue weighted by Gasteiger charge is -2.12. The summed E-state index contributed by atoms with van der Waals surface area (Å²) < 4.78 is 34.3. The third-order valence-corrected chi connectivity index (χ3v) is 3.35. The first-order valence-electron chi connectivity index (χ1n) is 6.21. The molecular weight excluding hydrogens is 318 g/mol. The van der Waals surface area contributed by atoms with E-state index in [1.165, 1.54) is 0 Å². The minimum absolute atomic E-state index is 0.201. The van der Waals surface area contributed by atoms with Crippen LogP contribution in [0.5, 0.6) is 0 Å². The van der Waals surface area contributed by atoms with Gasteiger partial charge >= 0.3 is 11.2 Å². The van der Waals surface area contributed by atoms with Gasteiger partial charge in [0.25, 0.3) is 0 Å². The van der Waals surface area contributed by atoms with Crippen molar-refractivity contribution in [3.8, 4) is 0 Å². The molecular formula is C14H12F2O5S. The lowest BCUT2D eigenvalue weighted by molar-refractivity contribution is -0.433. The molecule has 0 aliphatic carbocycles. The molecule has 0 heterocycles. The molecule has 0 saturated carbocycles. The fourth-order valence-electron chi connectivity index (χ4n) is 1.83. The molecule has 2 rings (SSSR count). The van der Waals surface area contributed by atoms with E-state index in [1.807, 2.05) is 42.5 Å². The summed E-state index contributed by atoms with van der Waals surface area (Å²) in [6.45, 7) is -0.201. The van der Waals surface area contributed by atoms with E-state index in [2.05, 4.69) is 14.1 Å². The van der Waals surface area contributed by atoms with E-state index in [9.17, 15) is 13.6 Å². The molecule has 0 aromatic heterocycles. The Morgan fingerprint density at radius 1 is 1.18 bits per heavy atom. The number of carbonyl (C=O) groups excluding carboxylic acids is 1. The molecule has 8 heteroatoms. The van der Waals surface area contributed by atoms with Crippen molar-refractivity contribution in [2.45, 2.75) is 11.7 Å². The van der Waals surface area contributed by atoms with Gasteiger partial charge < -0.3 is 4.74 Å². The fourth-order valence-corrected chi connectivity index (χ4v) is 2.07. The Morgan fingerprint density at radius 2 is 1.91 bits per heavy atom. The van der Waals surface area contributed by atoms with Crippen LogP contribution in [0.2, 0.25) is 0 Å². The molecule has 0 radical (unpaired) electrons. The standard InChI is InChI=1S/C14H12F2O5S/c15-14(16,22-21-20-18)13(17)19-8-7-10-5-6-11-3-1-2-4-12(11)9-10/h1-6,9,18H,7-8H2. The van der Waals surface area contributed by atoms with Crippen LogP contribution >= 0.6 is 12.0 Å². The van der Waals surface area contributed by atoms with E-state index in [-0.39, 0.29) is 6.61 Å². The van der Waals surface area contributed by atoms with Crippen molar-refractivity contribution in [1.82, 2.24) is 0 Å². The zero-order valence-electron chi connectivity index (χ0n) is 11.2. The van der Waals surface area contributed by atoms with Crippen molar-refractivity contribution in [1.29, 1.82) is 0 Å². The summed E-state index contributed by atoms with van der Waals surface area (Å²) in [5, 5.41) is 8.92. The highest BCUT2D eigenvalue weighted by Gasteiger charge is 2.44. The molecule has 118 valence electrons. The van der Waals surface area contributed by atoms with Crippen LogP contribution in [0.15, 0.2) is 42.5 Å². The van der Waals surface area contributed by atoms with Crippen molar-refractivity contribution < 1.29 is 32.9 Å². The van der Waals surface area contributed by atoms with Crippen LogP contribution in [0.1, 0.15) is 5.56 Å². The number of esters is 1. The molecule has 0 spiro atoms. The zero-order valence-corrected chi connectivity index (χ0v) is 12.0. The van der Waals surface area contributed by atoms with Crippen LogP contribution in [0, 0.1) is 0 Å². The molecule has 5 nitrogen and oxygen atoms in total. The van der Waals surface area contributed by atoms with Gasteiger partial charge in [-0.05, 0) is 16.3 Å². The average molecular weight is 330 g/mol. The molecule has 1 N–H and O–H groups in total. The second-order valence-electron chi connectivity index (χ2n) is 4.31. The predicted molar refractivity (Wildman–Crippen MR) is 75.9 cm³/mol. The van der Waals surface area contributed by atoms with Crippen LogP contribution < -0.4 is 0 Å². The Bertz CT molecular complexity index is 650. The third-order valence-electron chi connectivity index (χ3n) is 2.84. The van der Waals surface area contributed by atoms with Crippen molar-refractivity contribution in [3.63, 3.8) is 0 Å². The first-order chi connectivity index (χ1) is 10.5. The normalized spacial score (nSPS) is 11.6. The summed E-state index contributed by atoms with van der Waals surface area (Å²) in [5.74, 6) is -1.77. The smallest absolute Gasteiger partial charge is 0.415 e. The molecule has 0 amide bonds. The van der Waals surface area contributed by atoms with Crippen molar-refractivity contribution in [2.75, 3.05) is 6.61 Å². The molecule has 22 heavy (non-hydrogen) atoms. The maximum atomic E-state index is 13.1. The number of alkyl halides is 2. The van der Waals surface area contributed by atoms with Crippen molar-refractivity contribution in [3.05, 3.63) is 48.0 Å². The first-order valence-corrected chi connectivity index (χ1v) is 6.96. The third kappa shape index (κ3) is 4.38. The highest BCUT2D eigenvalue weighted by atomic mass is 32.2. The summed E-state index contributed by atoms with van der Waals surface area (Å²) in [4.78, 5) is 11.2. The molecule has 0 aliphatic heterocycles. The summed E-state index contributed by atoms with van der Waals surface area (Å²) in [6, 6.07) is 13.4. The van der Waals surface area contributed by atoms with Crippen LogP contribution in [0.25, 0.3) is 10.8 Å². The average Bonchev–Trinajstić information content (AvgIpc) is 2.52. The van der Waals surface area contributed by atoms with Crippen molar-refractivity contribution in [2.24, 2.45) is 0 Å². The monoisotopic (exact) mass is 330 g/mol. The molecule has 0 bridgehead atoms. The van der Waals surface area contributed by atoms with Gasteiger partial charge in [0.1, 0.15) is 12.0 Å². The first kappa shape index (κ1) is 16.6. The number of ether oxygens (including phenoxy) is 1. The highest BCUT2D eigenvalue weighted by molar-refractivity contribution is 7.96. The highest BCUT2D eigenvalue weighted by Crippen LogP contribution is 2.31. The van der Waals surface area contributed by atoms with E-state index >= 15 is 0 Å². The van der Waals surface area contributed by atoms with E-state index < -0.39 is 23.3 Å². The molecule has 0 atom stereocenters. The Kier molecular flexibility index (Phi) is 5.67. The molecule has 0 fully saturated rings. The van der Waals surface area contributed by atoms with Gasteiger partial charge in [0.2, 0.25) is 0 Å². The van der Waals surface area contributed by atoms with Gasteiger partial charge in [-0.2, -0.15) is 8.78 Å². The fraction of sp³-hybridized carbons (Fsp3) is 0.214. The molecule has 2 aromatic rings. The van der Waals surface area contributed by atoms with Crippen LogP contribution in [-0.2, 0) is 25.3 Å². The number of hydrogen-bond acceptors (Lipinski definition) is 6. The Hall–Kier alpha value is -1.74. The number of fused-ring (bicyclic) bond motifs is 1. The Labute approximate surface area is 128 Å². The van der Waals surface area contributed by atoms with Gasteiger partial charge in [-0.15, -0.1) is 4.33 Å². The van der Waals surface area contributed by atoms with Crippen molar-refractivity contribution >= 4 is 28.8 Å². The number of halogens is 2. The predicted octanol–water partition coefficient (Wildman–Crippen LogP) is 3.59. The van der Waals surface area contributed by atoms with Gasteiger partial charge in [0, 0.05) is 6.42 Å². The number of carbonyl (C=O) groups is 1. The minimum atomic E-state index is -3.97. The second kappa shape index (κ2) is 7.50. The van der Waals surface area contributed by atoms with E-state index in [0.717, 1.165) is 16.3 Å². The largest absolute Gasteiger partial charge is 0.460 e. The van der Waals surface area contributed by atoms with Crippen LogP contribution in [-0.4, -0.2) is 23.1 Å². The van der Waals surface area contributed by atoms with Crippen LogP contribution in [0.3, 0.4) is 0 Å². The maximum absolute atomic E-state index is 13.1. The molecule has 0 saturated heterocycles. The Morgan fingerprint density at radius 3 is 2.64 bits per heavy atom. The molecule has 2 aromatic carbocycles. The number of benzene rings is 2. The lowest BCUT2D eigenvalue weighted by Crippen LogP contribution is -2.28. The second-order valence-corrected chi connectivity index (χ2v) is 5.13. The van der Waals surface area contributed by atoms with Gasteiger partial charge in [-0.25, -0.2) is 10.1 Å². The molecule has 0 aliphatic rings. The van der Waals surface area contributed by atoms with Gasteiger partial charge in [-0.3, -0.25) is 0 Å². The van der Waals surface area contributed by atoms with Gasteiger partial charge in [0.15, 0.2) is 0 Å². The summed E-state index contributed by atoms with van der Waals surface area (Å²) in [7, 11) is 0. The lowest BCUT2D eigenvalue weighted by atomic mass is 10.1. The van der Waals surface area contributed by atoms with E-state index in [1.54, 1.807) is 0 Å². The SMILES string of the molecule is O=C(OCCc1ccc2ccccc2c1)C(F)(F)SOOO. The minimum Gasteiger partial charge on any atom is -0.460 e. The van der Waals surface area contributed by atoms with Crippen LogP contribution in [0.4, 0.5) is 8.78 Å². The zero-order chi connectivity index (χ0) is 16.0. The summed E-state index contributed by atoms with van der Waals surface area (Å²) in [5.41, 5.74) is 0.859. The van der Waals surface area contributed by atoms with E-state index in [0.29, 0.717) is 6.42 Å². The van der Waals surface area contributed by atoms with E-state index in [4.69, 9.17) is 5.26 Å². The maximum Gasteiger partial charge on any atom is 0.415 e. The van der Waals surface area contributed by atoms with Gasteiger partial charge in [0.05, 0.1) is 6.61 Å². The summed E-state index contributed by atoms with van der Waals surface area (Å²) >= 11 is -0.645. The van der Waals surface area contributed by atoms with Gasteiger partial charge in [-0.1, -0.05) is 47.5 Å².